The molecule has 3 rings (SSSR count). The summed E-state index contributed by atoms with van der Waals surface area (Å²) < 4.78 is 32.3. The monoisotopic (exact) mass is 472 g/mol. The summed E-state index contributed by atoms with van der Waals surface area (Å²) in [7, 11) is -3.48. The molecule has 8 heteroatoms. The van der Waals surface area contributed by atoms with Crippen molar-refractivity contribution in [1.82, 2.24) is 9.62 Å². The van der Waals surface area contributed by atoms with Gasteiger partial charge in [-0.2, -0.15) is 4.31 Å². The highest BCUT2D eigenvalue weighted by atomic mass is 32.2. The van der Waals surface area contributed by atoms with E-state index in [2.05, 4.69) is 5.32 Å². The van der Waals surface area contributed by atoms with Gasteiger partial charge in [0, 0.05) is 26.1 Å². The number of hydrogen-bond donors (Lipinski definition) is 1. The predicted octanol–water partition coefficient (Wildman–Crippen LogP) is 3.09. The first-order valence-electron chi connectivity index (χ1n) is 11.5. The Morgan fingerprint density at radius 3 is 2.15 bits per heavy atom. The van der Waals surface area contributed by atoms with Crippen LogP contribution in [0.25, 0.3) is 0 Å². The van der Waals surface area contributed by atoms with Crippen LogP contribution >= 0.6 is 0 Å². The van der Waals surface area contributed by atoms with Crippen molar-refractivity contribution in [3.05, 3.63) is 65.7 Å². The van der Waals surface area contributed by atoms with Gasteiger partial charge >= 0.3 is 5.97 Å². The Hall–Kier alpha value is -2.71. The van der Waals surface area contributed by atoms with E-state index in [1.807, 2.05) is 30.3 Å². The molecular formula is C25H32N2O5S. The van der Waals surface area contributed by atoms with Crippen LogP contribution in [0.2, 0.25) is 0 Å². The number of rotatable bonds is 10. The molecule has 0 aromatic heterocycles. The minimum Gasteiger partial charge on any atom is -0.456 e. The third-order valence-electron chi connectivity index (χ3n) is 5.69. The zero-order valence-electron chi connectivity index (χ0n) is 18.9. The number of hydrogen-bond acceptors (Lipinski definition) is 5. The Labute approximate surface area is 196 Å². The van der Waals surface area contributed by atoms with Gasteiger partial charge in [-0.3, -0.25) is 9.59 Å². The Morgan fingerprint density at radius 2 is 1.48 bits per heavy atom. The number of benzene rings is 2. The largest absolute Gasteiger partial charge is 0.456 e. The number of carbonyl (C=O) groups is 2. The van der Waals surface area contributed by atoms with Crippen molar-refractivity contribution in [3.63, 3.8) is 0 Å². The van der Waals surface area contributed by atoms with Crippen LogP contribution in [0, 0.1) is 0 Å². The van der Waals surface area contributed by atoms with E-state index >= 15 is 0 Å². The molecule has 0 spiro atoms. The summed E-state index contributed by atoms with van der Waals surface area (Å²) in [4.78, 5) is 24.1. The highest BCUT2D eigenvalue weighted by Gasteiger charge is 2.24. The van der Waals surface area contributed by atoms with E-state index in [1.54, 1.807) is 28.6 Å². The third kappa shape index (κ3) is 7.98. The minimum atomic E-state index is -3.48. The lowest BCUT2D eigenvalue weighted by Crippen LogP contribution is -2.31. The Kier molecular flexibility index (Phi) is 9.45. The van der Waals surface area contributed by atoms with Crippen molar-refractivity contribution in [2.75, 3.05) is 26.2 Å². The maximum Gasteiger partial charge on any atom is 0.306 e. The maximum atomic E-state index is 12.8. The SMILES string of the molecule is O=C(COC(=O)CCc1ccc(S(=O)(=O)N2CCCCCC2)cc1)NCCc1ccccc1. The fourth-order valence-corrected chi connectivity index (χ4v) is 5.28. The number of aryl methyl sites for hydroxylation is 1. The standard InChI is InChI=1S/C25H32N2O5S/c28-24(26-17-16-21-8-4-3-5-9-21)20-32-25(29)15-12-22-10-13-23(14-11-22)33(30,31)27-18-6-1-2-7-19-27/h3-5,8-11,13-14H,1-2,6-7,12,15-20H2,(H,26,28). The van der Waals surface area contributed by atoms with Gasteiger partial charge in [0.2, 0.25) is 10.0 Å². The number of carbonyl (C=O) groups excluding carboxylic acids is 2. The topological polar surface area (TPSA) is 92.8 Å². The highest BCUT2D eigenvalue weighted by Crippen LogP contribution is 2.21. The molecule has 1 heterocycles. The molecule has 1 N–H and O–H groups in total. The van der Waals surface area contributed by atoms with Crippen LogP contribution < -0.4 is 5.32 Å². The molecule has 0 aliphatic carbocycles. The molecule has 1 aliphatic heterocycles. The molecule has 1 aliphatic rings. The van der Waals surface area contributed by atoms with Gasteiger partial charge in [-0.25, -0.2) is 8.42 Å². The fraction of sp³-hybridized carbons (Fsp3) is 0.440. The molecular weight excluding hydrogens is 440 g/mol. The summed E-state index contributed by atoms with van der Waals surface area (Å²) in [5, 5.41) is 2.73. The normalized spacial score (nSPS) is 14.9. The van der Waals surface area contributed by atoms with E-state index in [1.165, 1.54) is 0 Å². The number of sulfonamides is 1. The van der Waals surface area contributed by atoms with Crippen LogP contribution in [0.1, 0.15) is 43.2 Å². The molecule has 178 valence electrons. The Morgan fingerprint density at radius 1 is 0.848 bits per heavy atom. The van der Waals surface area contributed by atoms with Crippen molar-refractivity contribution in [1.29, 1.82) is 0 Å². The second-order valence-electron chi connectivity index (χ2n) is 8.21. The van der Waals surface area contributed by atoms with Gasteiger partial charge < -0.3 is 10.1 Å². The third-order valence-corrected chi connectivity index (χ3v) is 7.60. The first-order valence-corrected chi connectivity index (χ1v) is 12.9. The second-order valence-corrected chi connectivity index (χ2v) is 10.1. The highest BCUT2D eigenvalue weighted by molar-refractivity contribution is 7.89. The first kappa shape index (κ1) is 24.9. The number of amides is 1. The van der Waals surface area contributed by atoms with Crippen molar-refractivity contribution in [3.8, 4) is 0 Å². The second kappa shape index (κ2) is 12.5. The predicted molar refractivity (Wildman–Crippen MR) is 126 cm³/mol. The van der Waals surface area contributed by atoms with Crippen LogP contribution in [-0.2, 0) is 37.2 Å². The molecule has 33 heavy (non-hydrogen) atoms. The van der Waals surface area contributed by atoms with Crippen LogP contribution in [0.5, 0.6) is 0 Å². The zero-order valence-corrected chi connectivity index (χ0v) is 19.7. The van der Waals surface area contributed by atoms with Crippen molar-refractivity contribution in [2.24, 2.45) is 0 Å². The van der Waals surface area contributed by atoms with Crippen LogP contribution in [0.15, 0.2) is 59.5 Å². The van der Waals surface area contributed by atoms with Crippen molar-refractivity contribution in [2.45, 2.75) is 49.8 Å². The zero-order chi connectivity index (χ0) is 23.5. The Balaban J connectivity index is 1.38. The lowest BCUT2D eigenvalue weighted by Gasteiger charge is -2.20. The molecule has 0 bridgehead atoms. The molecule has 0 unspecified atom stereocenters. The molecule has 1 fully saturated rings. The summed E-state index contributed by atoms with van der Waals surface area (Å²) in [6, 6.07) is 16.5. The molecule has 0 radical (unpaired) electrons. The molecule has 1 saturated heterocycles. The van der Waals surface area contributed by atoms with E-state index in [0.29, 0.717) is 32.5 Å². The van der Waals surface area contributed by atoms with Gasteiger partial charge in [0.1, 0.15) is 0 Å². The van der Waals surface area contributed by atoms with Gasteiger partial charge in [0.05, 0.1) is 4.90 Å². The quantitative estimate of drug-likeness (QED) is 0.537. The van der Waals surface area contributed by atoms with Crippen molar-refractivity contribution >= 4 is 21.9 Å². The first-order chi connectivity index (χ1) is 15.9. The molecule has 7 nitrogen and oxygen atoms in total. The summed E-state index contributed by atoms with van der Waals surface area (Å²) >= 11 is 0. The van der Waals surface area contributed by atoms with Gasteiger partial charge in [0.25, 0.3) is 5.91 Å². The van der Waals surface area contributed by atoms with E-state index in [4.69, 9.17) is 4.74 Å². The number of nitrogens with one attached hydrogen (secondary N) is 1. The lowest BCUT2D eigenvalue weighted by atomic mass is 10.1. The van der Waals surface area contributed by atoms with E-state index in [-0.39, 0.29) is 23.8 Å². The number of ether oxygens (including phenoxy) is 1. The van der Waals surface area contributed by atoms with Crippen LogP contribution in [0.4, 0.5) is 0 Å². The number of esters is 1. The van der Waals surface area contributed by atoms with E-state index in [0.717, 1.165) is 36.8 Å². The fourth-order valence-electron chi connectivity index (χ4n) is 3.77. The van der Waals surface area contributed by atoms with Gasteiger partial charge in [0.15, 0.2) is 6.61 Å². The molecule has 0 saturated carbocycles. The average molecular weight is 473 g/mol. The van der Waals surface area contributed by atoms with Crippen LogP contribution in [-0.4, -0.2) is 50.8 Å². The smallest absolute Gasteiger partial charge is 0.306 e. The minimum absolute atomic E-state index is 0.121. The molecule has 0 atom stereocenters. The summed E-state index contributed by atoms with van der Waals surface area (Å²) in [5.74, 6) is -0.795. The van der Waals surface area contributed by atoms with Crippen molar-refractivity contribution < 1.29 is 22.7 Å². The molecule has 2 aromatic rings. The van der Waals surface area contributed by atoms with Gasteiger partial charge in [-0.1, -0.05) is 55.3 Å². The van der Waals surface area contributed by atoms with Crippen LogP contribution in [0.3, 0.4) is 0 Å². The number of nitrogens with zero attached hydrogens (tertiary/aromatic N) is 1. The average Bonchev–Trinajstić information content (AvgIpc) is 3.13. The van der Waals surface area contributed by atoms with E-state index < -0.39 is 16.0 Å². The van der Waals surface area contributed by atoms with E-state index in [9.17, 15) is 18.0 Å². The molecule has 2 aromatic carbocycles. The Bertz CT molecular complexity index is 999. The summed E-state index contributed by atoms with van der Waals surface area (Å²) in [5.41, 5.74) is 1.97. The van der Waals surface area contributed by atoms with Gasteiger partial charge in [-0.15, -0.1) is 0 Å². The maximum absolute atomic E-state index is 12.8. The molecule has 1 amide bonds. The van der Waals surface area contributed by atoms with Gasteiger partial charge in [-0.05, 0) is 48.9 Å². The lowest BCUT2D eigenvalue weighted by molar-refractivity contribution is -0.148. The summed E-state index contributed by atoms with van der Waals surface area (Å²) in [6.07, 6.45) is 5.17. The summed E-state index contributed by atoms with van der Waals surface area (Å²) in [6.45, 7) is 1.30.